The van der Waals surface area contributed by atoms with E-state index >= 15 is 0 Å². The number of carbonyl (C=O) groups is 1. The predicted molar refractivity (Wildman–Crippen MR) is 96.1 cm³/mol. The van der Waals surface area contributed by atoms with Crippen molar-refractivity contribution in [2.24, 2.45) is 0 Å². The number of nitrogens with one attached hydrogen (secondary N) is 1. The summed E-state index contributed by atoms with van der Waals surface area (Å²) in [5.41, 5.74) is 7.27. The number of pyridine rings is 1. The molecule has 1 amide bonds. The highest BCUT2D eigenvalue weighted by molar-refractivity contribution is 7.13. The van der Waals surface area contributed by atoms with Crippen LogP contribution in [-0.4, -0.2) is 22.0 Å². The molecule has 0 spiro atoms. The molecule has 1 aromatic carbocycles. The maximum atomic E-state index is 12.1. The lowest BCUT2D eigenvalue weighted by molar-refractivity contribution is -0.121. The summed E-state index contributed by atoms with van der Waals surface area (Å²) in [5.74, 6) is -0.0819. The van der Waals surface area contributed by atoms with Crippen molar-refractivity contribution in [3.05, 3.63) is 57.8 Å². The maximum absolute atomic E-state index is 12.1. The average molecular weight is 342 g/mol. The van der Waals surface area contributed by atoms with Crippen LogP contribution in [0.4, 0.5) is 5.13 Å². The summed E-state index contributed by atoms with van der Waals surface area (Å²) in [7, 11) is 0. The van der Waals surface area contributed by atoms with Crippen molar-refractivity contribution in [3.63, 3.8) is 0 Å². The lowest BCUT2D eigenvalue weighted by Crippen LogP contribution is -2.29. The third-order valence-electron chi connectivity index (χ3n) is 3.70. The van der Waals surface area contributed by atoms with E-state index in [1.807, 2.05) is 23.6 Å². The second kappa shape index (κ2) is 7.27. The molecule has 2 heterocycles. The third-order valence-corrected chi connectivity index (χ3v) is 4.42. The molecule has 0 bridgehead atoms. The Hall–Kier alpha value is -2.67. The first-order valence-corrected chi connectivity index (χ1v) is 8.56. The largest absolute Gasteiger partial charge is 0.375 e. The smallest absolute Gasteiger partial charge is 0.239 e. The quantitative estimate of drug-likeness (QED) is 0.668. The molecule has 0 aliphatic carbocycles. The first-order valence-electron chi connectivity index (χ1n) is 7.68. The van der Waals surface area contributed by atoms with Crippen molar-refractivity contribution in [2.45, 2.75) is 19.4 Å². The van der Waals surface area contributed by atoms with Crippen molar-refractivity contribution < 1.29 is 4.79 Å². The van der Waals surface area contributed by atoms with Gasteiger partial charge in [0, 0.05) is 29.6 Å². The van der Waals surface area contributed by atoms with Gasteiger partial charge < -0.3 is 15.6 Å². The molecule has 24 heavy (non-hydrogen) atoms. The highest BCUT2D eigenvalue weighted by Crippen LogP contribution is 2.12. The van der Waals surface area contributed by atoms with Gasteiger partial charge in [0.25, 0.3) is 0 Å². The minimum atomic E-state index is -0.0819. The topological polar surface area (TPSA) is 90.0 Å². The number of amides is 1. The molecule has 2 aromatic heterocycles. The van der Waals surface area contributed by atoms with Crippen LogP contribution < -0.4 is 16.5 Å². The summed E-state index contributed by atoms with van der Waals surface area (Å²) in [6.07, 6.45) is 3.25. The van der Waals surface area contributed by atoms with Crippen molar-refractivity contribution in [2.75, 3.05) is 12.3 Å². The van der Waals surface area contributed by atoms with Gasteiger partial charge >= 0.3 is 0 Å². The number of nitrogen functional groups attached to an aromatic ring is 1. The molecular formula is C17H18N4O2S. The van der Waals surface area contributed by atoms with E-state index in [2.05, 4.69) is 10.3 Å². The standard InChI is InChI=1S/C17H18N4O2S/c18-17-20-12(11-24-17)4-3-8-19-16(23)10-21-9-7-15(22)13-5-1-2-6-14(13)21/h1-2,5-7,9,11H,3-4,8,10H2,(H2,18,20)(H,19,23). The van der Waals surface area contributed by atoms with Crippen molar-refractivity contribution >= 4 is 33.3 Å². The number of thiazole rings is 1. The minimum Gasteiger partial charge on any atom is -0.375 e. The molecule has 6 nitrogen and oxygen atoms in total. The Morgan fingerprint density at radius 2 is 2.12 bits per heavy atom. The molecule has 0 radical (unpaired) electrons. The maximum Gasteiger partial charge on any atom is 0.239 e. The zero-order valence-corrected chi connectivity index (χ0v) is 13.9. The lowest BCUT2D eigenvalue weighted by Gasteiger charge is -2.10. The van der Waals surface area contributed by atoms with Crippen LogP contribution in [0.2, 0.25) is 0 Å². The lowest BCUT2D eigenvalue weighted by atomic mass is 10.2. The molecule has 0 saturated carbocycles. The molecule has 0 aliphatic rings. The molecule has 0 atom stereocenters. The fourth-order valence-electron chi connectivity index (χ4n) is 2.54. The van der Waals surface area contributed by atoms with E-state index in [0.717, 1.165) is 24.1 Å². The van der Waals surface area contributed by atoms with Crippen LogP contribution in [0.3, 0.4) is 0 Å². The third kappa shape index (κ3) is 3.80. The van der Waals surface area contributed by atoms with Crippen LogP contribution in [0.5, 0.6) is 0 Å². The minimum absolute atomic E-state index is 0.0372. The number of rotatable bonds is 6. The van der Waals surface area contributed by atoms with E-state index in [9.17, 15) is 9.59 Å². The number of fused-ring (bicyclic) bond motifs is 1. The van der Waals surface area contributed by atoms with Gasteiger partial charge in [-0.15, -0.1) is 11.3 Å². The number of nitrogens with zero attached hydrogens (tertiary/aromatic N) is 2. The van der Waals surface area contributed by atoms with E-state index in [1.165, 1.54) is 17.4 Å². The summed E-state index contributed by atoms with van der Waals surface area (Å²) < 4.78 is 1.78. The van der Waals surface area contributed by atoms with Gasteiger partial charge in [-0.1, -0.05) is 12.1 Å². The van der Waals surface area contributed by atoms with Gasteiger partial charge in [-0.25, -0.2) is 4.98 Å². The first kappa shape index (κ1) is 16.2. The molecule has 3 N–H and O–H groups in total. The second-order valence-electron chi connectivity index (χ2n) is 5.46. The molecular weight excluding hydrogens is 324 g/mol. The first-order chi connectivity index (χ1) is 11.6. The molecule has 7 heteroatoms. The Morgan fingerprint density at radius 3 is 2.92 bits per heavy atom. The summed E-state index contributed by atoms with van der Waals surface area (Å²) in [6, 6.07) is 8.78. The zero-order chi connectivity index (χ0) is 16.9. The number of aromatic nitrogens is 2. The van der Waals surface area contributed by atoms with Gasteiger partial charge in [-0.3, -0.25) is 9.59 Å². The van der Waals surface area contributed by atoms with Gasteiger partial charge in [0.1, 0.15) is 6.54 Å². The van der Waals surface area contributed by atoms with Crippen molar-refractivity contribution in [1.82, 2.24) is 14.9 Å². The fourth-order valence-corrected chi connectivity index (χ4v) is 3.14. The molecule has 0 saturated heterocycles. The Balaban J connectivity index is 1.55. The Kier molecular flexibility index (Phi) is 4.90. The highest BCUT2D eigenvalue weighted by Gasteiger charge is 2.06. The SMILES string of the molecule is Nc1nc(CCCNC(=O)Cn2ccc(=O)c3ccccc32)cs1. The van der Waals surface area contributed by atoms with Crippen LogP contribution in [0.25, 0.3) is 10.9 Å². The van der Waals surface area contributed by atoms with Crippen LogP contribution in [0.1, 0.15) is 12.1 Å². The van der Waals surface area contributed by atoms with Crippen molar-refractivity contribution in [3.8, 4) is 0 Å². The number of benzene rings is 1. The summed E-state index contributed by atoms with van der Waals surface area (Å²) in [5, 5.41) is 6.02. The van der Waals surface area contributed by atoms with Gasteiger partial charge in [0.05, 0.1) is 11.2 Å². The number of aryl methyl sites for hydroxylation is 1. The Bertz CT molecular complexity index is 916. The van der Waals surface area contributed by atoms with Crippen LogP contribution in [0.15, 0.2) is 46.7 Å². The Labute approximate surface area is 142 Å². The summed E-state index contributed by atoms with van der Waals surface area (Å²) in [6.45, 7) is 0.763. The average Bonchev–Trinajstić information content (AvgIpc) is 3.00. The van der Waals surface area contributed by atoms with Gasteiger partial charge in [-0.2, -0.15) is 0 Å². The number of para-hydroxylation sites is 1. The van der Waals surface area contributed by atoms with Crippen LogP contribution in [0, 0.1) is 0 Å². The summed E-state index contributed by atoms with van der Waals surface area (Å²) in [4.78, 5) is 28.1. The Morgan fingerprint density at radius 1 is 1.29 bits per heavy atom. The predicted octanol–water partition coefficient (Wildman–Crippen LogP) is 1.79. The fraction of sp³-hybridized carbons (Fsp3) is 0.235. The van der Waals surface area contributed by atoms with Crippen LogP contribution in [-0.2, 0) is 17.8 Å². The molecule has 0 aliphatic heterocycles. The van der Waals surface area contributed by atoms with E-state index in [1.54, 1.807) is 16.8 Å². The van der Waals surface area contributed by atoms with E-state index in [0.29, 0.717) is 17.1 Å². The molecule has 3 aromatic rings. The zero-order valence-electron chi connectivity index (χ0n) is 13.1. The molecule has 124 valence electrons. The molecule has 0 unspecified atom stereocenters. The number of hydrogen-bond acceptors (Lipinski definition) is 5. The molecule has 0 fully saturated rings. The number of nitrogens with two attached hydrogens (primary N) is 1. The number of carbonyl (C=O) groups excluding carboxylic acids is 1. The van der Waals surface area contributed by atoms with Crippen molar-refractivity contribution in [1.29, 1.82) is 0 Å². The van der Waals surface area contributed by atoms with E-state index < -0.39 is 0 Å². The van der Waals surface area contributed by atoms with Crippen LogP contribution >= 0.6 is 11.3 Å². The van der Waals surface area contributed by atoms with E-state index in [-0.39, 0.29) is 17.9 Å². The highest BCUT2D eigenvalue weighted by atomic mass is 32.1. The molecule has 3 rings (SSSR count). The normalized spacial score (nSPS) is 10.8. The monoisotopic (exact) mass is 342 g/mol. The van der Waals surface area contributed by atoms with E-state index in [4.69, 9.17) is 5.73 Å². The van der Waals surface area contributed by atoms with Gasteiger partial charge in [0.2, 0.25) is 5.91 Å². The summed E-state index contributed by atoms with van der Waals surface area (Å²) >= 11 is 1.42. The number of hydrogen-bond donors (Lipinski definition) is 2. The van der Waals surface area contributed by atoms with Gasteiger partial charge in [0.15, 0.2) is 10.6 Å². The van der Waals surface area contributed by atoms with Gasteiger partial charge in [-0.05, 0) is 25.0 Å². The number of anilines is 1. The second-order valence-corrected chi connectivity index (χ2v) is 6.35.